The van der Waals surface area contributed by atoms with E-state index in [-0.39, 0.29) is 41.4 Å². The molecule has 2 aliphatic heterocycles. The van der Waals surface area contributed by atoms with Crippen molar-refractivity contribution in [1.82, 2.24) is 0 Å². The Hall–Kier alpha value is -3.68. The summed E-state index contributed by atoms with van der Waals surface area (Å²) < 4.78 is 7.40. The van der Waals surface area contributed by atoms with Gasteiger partial charge in [-0.15, -0.1) is 0 Å². The molecule has 0 aromatic heterocycles. The number of imide groups is 1. The molecule has 2 saturated heterocycles. The van der Waals surface area contributed by atoms with Gasteiger partial charge in [-0.3, -0.25) is 14.5 Å². The molecule has 4 atom stereocenters. The summed E-state index contributed by atoms with van der Waals surface area (Å²) in [5, 5.41) is 13.8. The van der Waals surface area contributed by atoms with Crippen LogP contribution in [-0.4, -0.2) is 29.6 Å². The van der Waals surface area contributed by atoms with Gasteiger partial charge in [0.1, 0.15) is 5.75 Å². The molecule has 234 valence electrons. The minimum absolute atomic E-state index is 0.0787. The minimum Gasteiger partial charge on any atom is -0.507 e. The highest BCUT2D eigenvalue weighted by molar-refractivity contribution is 9.10. The van der Waals surface area contributed by atoms with E-state index in [1.807, 2.05) is 66.7 Å². The lowest BCUT2D eigenvalue weighted by Gasteiger charge is -2.33. The Morgan fingerprint density at radius 2 is 1.73 bits per heavy atom. The van der Waals surface area contributed by atoms with Gasteiger partial charge in [0.05, 0.1) is 30.2 Å². The van der Waals surface area contributed by atoms with Gasteiger partial charge >= 0.3 is 0 Å². The van der Waals surface area contributed by atoms with Gasteiger partial charge in [-0.05, 0) is 91.8 Å². The van der Waals surface area contributed by atoms with E-state index in [0.717, 1.165) is 47.1 Å². The first-order valence-electron chi connectivity index (χ1n) is 16.1. The molecule has 0 unspecified atom stereocenters. The number of anilines is 3. The van der Waals surface area contributed by atoms with Crippen molar-refractivity contribution in [3.05, 3.63) is 99.6 Å². The molecule has 0 bridgehead atoms. The monoisotopic (exact) mass is 668 g/mol. The molecule has 2 N–H and O–H groups in total. The van der Waals surface area contributed by atoms with Crippen molar-refractivity contribution < 1.29 is 19.4 Å². The number of allylic oxidation sites excluding steroid dienone is 2. The van der Waals surface area contributed by atoms with Crippen LogP contribution in [0.5, 0.6) is 5.75 Å². The van der Waals surface area contributed by atoms with Gasteiger partial charge in [0.2, 0.25) is 11.8 Å². The van der Waals surface area contributed by atoms with Crippen LogP contribution >= 0.6 is 15.9 Å². The van der Waals surface area contributed by atoms with E-state index < -0.39 is 5.92 Å². The molecule has 7 heteroatoms. The number of amides is 2. The molecule has 0 saturated carbocycles. The Labute approximate surface area is 274 Å². The Bertz CT molecular complexity index is 1630. The van der Waals surface area contributed by atoms with Gasteiger partial charge in [-0.25, -0.2) is 0 Å². The minimum atomic E-state index is -0.397. The number of halogens is 1. The highest BCUT2D eigenvalue weighted by atomic mass is 79.9. The van der Waals surface area contributed by atoms with Crippen molar-refractivity contribution in [1.29, 1.82) is 0 Å². The maximum absolute atomic E-state index is 14.0. The Balaban J connectivity index is 1.21. The number of rotatable bonds is 10. The van der Waals surface area contributed by atoms with Crippen LogP contribution in [0.2, 0.25) is 0 Å². The maximum atomic E-state index is 14.0. The zero-order valence-electron chi connectivity index (χ0n) is 26.1. The summed E-state index contributed by atoms with van der Waals surface area (Å²) >= 11 is 3.52. The fraction of sp³-hybridized carbons (Fsp3) is 0.368. The van der Waals surface area contributed by atoms with Gasteiger partial charge in [0.25, 0.3) is 0 Å². The van der Waals surface area contributed by atoms with Gasteiger partial charge in [0.15, 0.2) is 0 Å². The van der Waals surface area contributed by atoms with Crippen LogP contribution in [0, 0.1) is 23.7 Å². The lowest BCUT2D eigenvalue weighted by Crippen LogP contribution is -2.35. The van der Waals surface area contributed by atoms with Crippen LogP contribution in [0.25, 0.3) is 6.08 Å². The zero-order chi connectivity index (χ0) is 31.7. The number of nitrogens with zero attached hydrogens (tertiary/aromatic N) is 1. The number of ether oxygens (including phenoxy) is 1. The molecule has 6 nitrogen and oxygen atoms in total. The van der Waals surface area contributed by atoms with Crippen molar-refractivity contribution in [3.8, 4) is 5.75 Å². The van der Waals surface area contributed by atoms with Gasteiger partial charge in [0, 0.05) is 27.3 Å². The van der Waals surface area contributed by atoms with Gasteiger partial charge in [-0.2, -0.15) is 0 Å². The Kier molecular flexibility index (Phi) is 9.29. The summed E-state index contributed by atoms with van der Waals surface area (Å²) in [7, 11) is 0. The molecule has 2 amide bonds. The third-order valence-electron chi connectivity index (χ3n) is 9.48. The Morgan fingerprint density at radius 1 is 1.00 bits per heavy atom. The second kappa shape index (κ2) is 13.4. The van der Waals surface area contributed by atoms with Crippen LogP contribution in [0.3, 0.4) is 0 Å². The Morgan fingerprint density at radius 3 is 2.44 bits per heavy atom. The topological polar surface area (TPSA) is 78.9 Å². The largest absolute Gasteiger partial charge is 0.507 e. The smallest absolute Gasteiger partial charge is 0.238 e. The summed E-state index contributed by atoms with van der Waals surface area (Å²) in [5.74, 6) is -0.522. The van der Waals surface area contributed by atoms with Crippen LogP contribution < -0.4 is 10.2 Å². The standard InChI is InChI=1S/C38H41BrN2O4/c1-4-8-24(19-25-20-26(39)12-17-33(25)42)11-18-34-35-30(23(2)3)21-31-36(32(35)22-45-34)38(44)41(37(31)43)29-15-13-28(14-16-29)40-27-9-6-5-7-10-27/h5-7,9-10,12-17,19-20,23,31-32,34,36,40,42H,4,8,11,18,21-22H2,1-3H3/b24-19+/t31-,32+,34-,36-/m1/s1. The van der Waals surface area contributed by atoms with E-state index in [0.29, 0.717) is 18.7 Å². The van der Waals surface area contributed by atoms with Crippen molar-refractivity contribution in [2.75, 3.05) is 16.8 Å². The normalized spacial score (nSPS) is 23.1. The molecule has 2 heterocycles. The fourth-order valence-electron chi connectivity index (χ4n) is 7.36. The number of hydrogen-bond donors (Lipinski definition) is 2. The van der Waals surface area contributed by atoms with Crippen molar-refractivity contribution in [3.63, 3.8) is 0 Å². The van der Waals surface area contributed by atoms with Crippen molar-refractivity contribution in [2.24, 2.45) is 23.7 Å². The van der Waals surface area contributed by atoms with E-state index in [9.17, 15) is 14.7 Å². The van der Waals surface area contributed by atoms with Crippen LogP contribution in [0.1, 0.15) is 58.4 Å². The molecular weight excluding hydrogens is 628 g/mol. The number of hydrogen-bond acceptors (Lipinski definition) is 5. The number of nitrogens with one attached hydrogen (secondary N) is 1. The molecule has 3 aromatic carbocycles. The predicted octanol–water partition coefficient (Wildman–Crippen LogP) is 9.04. The fourth-order valence-corrected chi connectivity index (χ4v) is 7.74. The lowest BCUT2D eigenvalue weighted by molar-refractivity contribution is -0.122. The average molecular weight is 670 g/mol. The van der Waals surface area contributed by atoms with Gasteiger partial charge in [-0.1, -0.05) is 78.5 Å². The molecule has 45 heavy (non-hydrogen) atoms. The summed E-state index contributed by atoms with van der Waals surface area (Å²) in [4.78, 5) is 29.3. The number of carbonyl (C=O) groups excluding carboxylic acids is 2. The number of benzene rings is 3. The SMILES string of the molecule is CCC/C(=C\c1cc(Br)ccc1O)CC[C@H]1OC[C@H]2C1=C(C(C)C)C[C@H]1C(=O)N(c3ccc(Nc4ccccc4)cc3)C(=O)[C@H]12. The van der Waals surface area contributed by atoms with Crippen LogP contribution in [0.15, 0.2) is 94.0 Å². The number of para-hydroxylation sites is 1. The second-order valence-corrected chi connectivity index (χ2v) is 13.7. The summed E-state index contributed by atoms with van der Waals surface area (Å²) in [6, 6.07) is 22.9. The summed E-state index contributed by atoms with van der Waals surface area (Å²) in [5.41, 5.74) is 7.08. The molecule has 0 radical (unpaired) electrons. The first kappa shape index (κ1) is 31.3. The van der Waals surface area contributed by atoms with Crippen LogP contribution in [-0.2, 0) is 14.3 Å². The molecule has 1 aliphatic carbocycles. The van der Waals surface area contributed by atoms with E-state index >= 15 is 0 Å². The van der Waals surface area contributed by atoms with E-state index in [1.165, 1.54) is 21.6 Å². The third-order valence-corrected chi connectivity index (χ3v) is 9.97. The second-order valence-electron chi connectivity index (χ2n) is 12.7. The zero-order valence-corrected chi connectivity index (χ0v) is 27.7. The molecule has 3 aromatic rings. The average Bonchev–Trinajstić information content (AvgIpc) is 3.56. The number of aromatic hydroxyl groups is 1. The maximum Gasteiger partial charge on any atom is 0.238 e. The van der Waals surface area contributed by atoms with Crippen LogP contribution in [0.4, 0.5) is 17.1 Å². The van der Waals surface area contributed by atoms with E-state index in [1.54, 1.807) is 6.07 Å². The molecule has 6 rings (SSSR count). The number of fused-ring (bicyclic) bond motifs is 3. The molecule has 0 spiro atoms. The van der Waals surface area contributed by atoms with Gasteiger partial charge < -0.3 is 15.2 Å². The van der Waals surface area contributed by atoms with Crippen molar-refractivity contribution in [2.45, 2.75) is 59.0 Å². The highest BCUT2D eigenvalue weighted by Crippen LogP contribution is 2.52. The predicted molar refractivity (Wildman–Crippen MR) is 183 cm³/mol. The van der Waals surface area contributed by atoms with E-state index in [2.05, 4.69) is 48.1 Å². The van der Waals surface area contributed by atoms with Crippen molar-refractivity contribution >= 4 is 50.9 Å². The molecular formula is C38H41BrN2O4. The third kappa shape index (κ3) is 6.38. The molecule has 2 fully saturated rings. The number of carbonyl (C=O) groups is 2. The summed E-state index contributed by atoms with van der Waals surface area (Å²) in [6.07, 6.45) is 6.21. The quantitative estimate of drug-likeness (QED) is 0.166. The number of phenols is 1. The first-order chi connectivity index (χ1) is 21.7. The molecule has 3 aliphatic rings. The lowest BCUT2D eigenvalue weighted by atomic mass is 9.67. The number of phenolic OH excluding ortho intramolecular Hbond substituents is 1. The highest BCUT2D eigenvalue weighted by Gasteiger charge is 2.57. The summed E-state index contributed by atoms with van der Waals surface area (Å²) in [6.45, 7) is 7.00. The first-order valence-corrected chi connectivity index (χ1v) is 16.9. The van der Waals surface area contributed by atoms with E-state index in [4.69, 9.17) is 4.74 Å².